The lowest BCUT2D eigenvalue weighted by Gasteiger charge is -2.57. The Morgan fingerprint density at radius 1 is 0.811 bits per heavy atom. The highest BCUT2D eigenvalue weighted by molar-refractivity contribution is 9.10. The van der Waals surface area contributed by atoms with Crippen molar-refractivity contribution in [2.24, 2.45) is 0 Å². The van der Waals surface area contributed by atoms with Gasteiger partial charge in [-0.1, -0.05) is 119 Å². The van der Waals surface area contributed by atoms with Gasteiger partial charge >= 0.3 is 18.2 Å². The van der Waals surface area contributed by atoms with Gasteiger partial charge in [0.15, 0.2) is 0 Å². The third-order valence-corrected chi connectivity index (χ3v) is 9.84. The minimum Gasteiger partial charge on any atom is -0.444 e. The van der Waals surface area contributed by atoms with Crippen LogP contribution < -0.4 is 10.6 Å². The highest BCUT2D eigenvalue weighted by Gasteiger charge is 2.52. The molecule has 0 unspecified atom stereocenters. The number of nitrogens with one attached hydrogen (secondary N) is 2. The summed E-state index contributed by atoms with van der Waals surface area (Å²) in [4.78, 5) is 27.0. The second-order valence-corrected chi connectivity index (χ2v) is 15.0. The summed E-state index contributed by atoms with van der Waals surface area (Å²) in [6.07, 6.45) is -5.61. The summed E-state index contributed by atoms with van der Waals surface area (Å²) in [6, 6.07) is 35.3. The van der Waals surface area contributed by atoms with Gasteiger partial charge in [0.25, 0.3) is 0 Å². The van der Waals surface area contributed by atoms with E-state index in [-0.39, 0.29) is 32.7 Å². The number of nitrogens with zero attached hydrogens (tertiary/aromatic N) is 1. The van der Waals surface area contributed by atoms with Crippen molar-refractivity contribution in [3.05, 3.63) is 142 Å². The molecule has 0 aromatic heterocycles. The SMILES string of the molecule is CC(C)(C)OC(=O)N[C@H](CCO)CN1[C@H](COC(c2ccccc2)(c2ccccc2)c2ccccc2)[C@H](c2ccc(Br)cc2)[C@@H]1CNC(=O)C(F)(F)F. The van der Waals surface area contributed by atoms with Gasteiger partial charge in [-0.2, -0.15) is 13.2 Å². The zero-order valence-electron chi connectivity index (χ0n) is 29.9. The summed E-state index contributed by atoms with van der Waals surface area (Å²) in [6.45, 7) is 4.84. The number of aliphatic hydroxyl groups excluding tert-OH is 1. The van der Waals surface area contributed by atoms with E-state index in [4.69, 9.17) is 9.47 Å². The number of alkyl halides is 3. The average Bonchev–Trinajstić information content (AvgIpc) is 3.12. The average molecular weight is 797 g/mol. The molecule has 3 N–H and O–H groups in total. The summed E-state index contributed by atoms with van der Waals surface area (Å²) in [5, 5.41) is 14.9. The van der Waals surface area contributed by atoms with Gasteiger partial charge in [0.05, 0.1) is 6.61 Å². The fourth-order valence-electron chi connectivity index (χ4n) is 7.03. The Hall–Kier alpha value is -4.23. The Morgan fingerprint density at radius 3 is 1.77 bits per heavy atom. The monoisotopic (exact) mass is 795 g/mol. The molecule has 0 bridgehead atoms. The van der Waals surface area contributed by atoms with Crippen LogP contribution in [0.3, 0.4) is 0 Å². The maximum absolute atomic E-state index is 13.4. The van der Waals surface area contributed by atoms with Crippen LogP contribution in [0, 0.1) is 0 Å². The van der Waals surface area contributed by atoms with Crippen molar-refractivity contribution in [1.82, 2.24) is 15.5 Å². The summed E-state index contributed by atoms with van der Waals surface area (Å²) in [5.74, 6) is -2.44. The molecule has 8 nitrogen and oxygen atoms in total. The summed E-state index contributed by atoms with van der Waals surface area (Å²) in [5.41, 5.74) is 1.60. The predicted octanol–water partition coefficient (Wildman–Crippen LogP) is 7.55. The summed E-state index contributed by atoms with van der Waals surface area (Å²) >= 11 is 3.48. The number of amides is 2. The number of likely N-dealkylation sites (tertiary alicyclic amines) is 1. The molecule has 1 aliphatic rings. The van der Waals surface area contributed by atoms with Crippen LogP contribution in [0.15, 0.2) is 120 Å². The molecule has 53 heavy (non-hydrogen) atoms. The molecule has 4 aromatic carbocycles. The van der Waals surface area contributed by atoms with Gasteiger partial charge in [-0.25, -0.2) is 4.79 Å². The molecule has 5 rings (SSSR count). The number of hydrogen-bond acceptors (Lipinski definition) is 6. The lowest BCUT2D eigenvalue weighted by atomic mass is 9.74. The fourth-order valence-corrected chi connectivity index (χ4v) is 7.29. The van der Waals surface area contributed by atoms with Crippen LogP contribution in [-0.2, 0) is 19.9 Å². The van der Waals surface area contributed by atoms with Gasteiger partial charge in [0.1, 0.15) is 11.2 Å². The maximum Gasteiger partial charge on any atom is 0.471 e. The summed E-state index contributed by atoms with van der Waals surface area (Å²) in [7, 11) is 0. The standard InChI is InChI=1S/C41H45BrF3N3O5/c1-39(2,3)53-38(51)47-33(23-24-49)26-48-34(25-46-37(50)41(43,44)45)36(28-19-21-32(42)22-20-28)35(48)27-52-40(29-13-7-4-8-14-29,30-15-9-5-10-16-30)31-17-11-6-12-18-31/h4-22,33-36,49H,23-27H2,1-3H3,(H,46,50)(H,47,51)/t33-,34+,35-,36-/m1/s1. The van der Waals surface area contributed by atoms with E-state index in [9.17, 15) is 27.9 Å². The second-order valence-electron chi connectivity index (χ2n) is 14.1. The van der Waals surface area contributed by atoms with E-state index < -0.39 is 53.4 Å². The zero-order valence-corrected chi connectivity index (χ0v) is 31.4. The molecule has 282 valence electrons. The number of ether oxygens (including phenoxy) is 2. The first kappa shape index (κ1) is 40.0. The van der Waals surface area contributed by atoms with Crippen LogP contribution in [-0.4, -0.2) is 78.2 Å². The first-order valence-electron chi connectivity index (χ1n) is 17.5. The van der Waals surface area contributed by atoms with Crippen molar-refractivity contribution in [1.29, 1.82) is 0 Å². The van der Waals surface area contributed by atoms with E-state index in [2.05, 4.69) is 26.6 Å². The molecule has 2 amide bonds. The molecule has 4 atom stereocenters. The Labute approximate surface area is 316 Å². The van der Waals surface area contributed by atoms with Gasteiger partial charge in [-0.15, -0.1) is 0 Å². The number of aliphatic hydroxyl groups is 1. The van der Waals surface area contributed by atoms with E-state index in [0.29, 0.717) is 0 Å². The molecule has 12 heteroatoms. The molecule has 1 heterocycles. The molecule has 0 aliphatic carbocycles. The molecule has 0 radical (unpaired) electrons. The van der Waals surface area contributed by atoms with Gasteiger partial charge in [0.2, 0.25) is 0 Å². The number of carbonyl (C=O) groups is 2. The van der Waals surface area contributed by atoms with E-state index in [0.717, 1.165) is 26.7 Å². The van der Waals surface area contributed by atoms with Crippen molar-refractivity contribution in [2.75, 3.05) is 26.3 Å². The van der Waals surface area contributed by atoms with E-state index in [1.807, 2.05) is 120 Å². The highest BCUT2D eigenvalue weighted by atomic mass is 79.9. The van der Waals surface area contributed by atoms with E-state index in [1.165, 1.54) is 0 Å². The number of carbonyl (C=O) groups excluding carboxylic acids is 2. The minimum absolute atomic E-state index is 0.0986. The van der Waals surface area contributed by atoms with Crippen LogP contribution in [0.2, 0.25) is 0 Å². The number of halogens is 4. The van der Waals surface area contributed by atoms with E-state index >= 15 is 0 Å². The molecule has 1 fully saturated rings. The van der Waals surface area contributed by atoms with Crippen LogP contribution in [0.5, 0.6) is 0 Å². The molecular weight excluding hydrogens is 751 g/mol. The Bertz CT molecular complexity index is 1680. The van der Waals surface area contributed by atoms with Crippen molar-refractivity contribution in [2.45, 2.75) is 68.6 Å². The Balaban J connectivity index is 1.58. The number of alkyl carbamates (subject to hydrolysis) is 1. The van der Waals surface area contributed by atoms with Crippen molar-refractivity contribution in [3.63, 3.8) is 0 Å². The van der Waals surface area contributed by atoms with Crippen molar-refractivity contribution < 1.29 is 37.3 Å². The zero-order chi connectivity index (χ0) is 38.2. The molecular formula is C41H45BrF3N3O5. The highest BCUT2D eigenvalue weighted by Crippen LogP contribution is 2.45. The lowest BCUT2D eigenvalue weighted by molar-refractivity contribution is -0.174. The normalized spacial score (nSPS) is 18.5. The van der Waals surface area contributed by atoms with Gasteiger partial charge in [-0.3, -0.25) is 9.69 Å². The number of hydrogen-bond donors (Lipinski definition) is 3. The fraction of sp³-hybridized carbons (Fsp3) is 0.366. The lowest BCUT2D eigenvalue weighted by Crippen LogP contribution is -2.69. The molecule has 0 saturated carbocycles. The van der Waals surface area contributed by atoms with Crippen molar-refractivity contribution >= 4 is 27.9 Å². The topological polar surface area (TPSA) is 100 Å². The third-order valence-electron chi connectivity index (χ3n) is 9.31. The summed E-state index contributed by atoms with van der Waals surface area (Å²) < 4.78 is 53.9. The van der Waals surface area contributed by atoms with Gasteiger partial charge in [-0.05, 0) is 61.6 Å². The Kier molecular flexibility index (Phi) is 13.0. The van der Waals surface area contributed by atoms with Crippen LogP contribution in [0.25, 0.3) is 0 Å². The quantitative estimate of drug-likeness (QED) is 0.114. The molecule has 4 aromatic rings. The van der Waals surface area contributed by atoms with Crippen LogP contribution in [0.4, 0.5) is 18.0 Å². The number of benzene rings is 4. The van der Waals surface area contributed by atoms with E-state index in [1.54, 1.807) is 20.8 Å². The maximum atomic E-state index is 13.4. The van der Waals surface area contributed by atoms with Gasteiger partial charge < -0.3 is 25.2 Å². The smallest absolute Gasteiger partial charge is 0.444 e. The second kappa shape index (κ2) is 17.3. The predicted molar refractivity (Wildman–Crippen MR) is 200 cm³/mol. The number of rotatable bonds is 14. The van der Waals surface area contributed by atoms with Crippen LogP contribution >= 0.6 is 15.9 Å². The molecule has 0 spiro atoms. The minimum atomic E-state index is -5.07. The largest absolute Gasteiger partial charge is 0.471 e. The van der Waals surface area contributed by atoms with Crippen molar-refractivity contribution in [3.8, 4) is 0 Å². The molecule has 1 aliphatic heterocycles. The first-order chi connectivity index (χ1) is 25.2. The molecule has 1 saturated heterocycles. The third kappa shape index (κ3) is 9.85. The Morgan fingerprint density at radius 2 is 1.32 bits per heavy atom. The first-order valence-corrected chi connectivity index (χ1v) is 18.3. The van der Waals surface area contributed by atoms with Gasteiger partial charge in [0, 0.05) is 48.2 Å². The van der Waals surface area contributed by atoms with Crippen LogP contribution in [0.1, 0.15) is 55.4 Å².